The van der Waals surface area contributed by atoms with Crippen LogP contribution in [0.1, 0.15) is 51.9 Å². The van der Waals surface area contributed by atoms with Crippen LogP contribution in [0.4, 0.5) is 0 Å². The van der Waals surface area contributed by atoms with E-state index < -0.39 is 0 Å². The zero-order valence-electron chi connectivity index (χ0n) is 18.2. The minimum atomic E-state index is -0.358. The van der Waals surface area contributed by atoms with E-state index in [4.69, 9.17) is 4.74 Å². The number of hydrogen-bond donors (Lipinski definition) is 2. The number of nitrogens with zero attached hydrogens (tertiary/aromatic N) is 1. The molecule has 1 saturated carbocycles. The predicted molar refractivity (Wildman–Crippen MR) is 122 cm³/mol. The fraction of sp³-hybridized carbons (Fsp3) is 0.833. The summed E-state index contributed by atoms with van der Waals surface area (Å²) in [6.07, 6.45) is 13.5. The maximum Gasteiger partial charge on any atom is 0.0721 e. The Labute approximate surface area is 181 Å². The van der Waals surface area contributed by atoms with E-state index >= 15 is 0 Å². The van der Waals surface area contributed by atoms with Gasteiger partial charge in [0.2, 0.25) is 0 Å². The highest BCUT2D eigenvalue weighted by Crippen LogP contribution is 2.47. The van der Waals surface area contributed by atoms with Gasteiger partial charge in [0.05, 0.1) is 25.4 Å². The molecule has 1 aliphatic heterocycles. The summed E-state index contributed by atoms with van der Waals surface area (Å²) in [6, 6.07) is 0. The van der Waals surface area contributed by atoms with E-state index in [-0.39, 0.29) is 18.1 Å². The van der Waals surface area contributed by atoms with Gasteiger partial charge in [-0.25, -0.2) is 0 Å². The zero-order chi connectivity index (χ0) is 20.5. The number of aliphatic hydroxyl groups excluding tert-OH is 2. The molecule has 4 nitrogen and oxygen atoms in total. The third kappa shape index (κ3) is 7.39. The number of allylic oxidation sites excluding steroid dienone is 1. The second-order valence-electron chi connectivity index (χ2n) is 9.05. The van der Waals surface area contributed by atoms with Crippen molar-refractivity contribution < 1.29 is 14.9 Å². The van der Waals surface area contributed by atoms with Gasteiger partial charge >= 0.3 is 0 Å². The molecule has 5 heteroatoms. The first-order chi connectivity index (χ1) is 14.2. The van der Waals surface area contributed by atoms with Gasteiger partial charge in [0.25, 0.3) is 0 Å². The Kier molecular flexibility index (Phi) is 10.1. The number of hydrogen-bond acceptors (Lipinski definition) is 5. The van der Waals surface area contributed by atoms with Crippen molar-refractivity contribution in [3.05, 3.63) is 23.8 Å². The van der Waals surface area contributed by atoms with Crippen LogP contribution in [0.5, 0.6) is 0 Å². The lowest BCUT2D eigenvalue weighted by Gasteiger charge is -2.26. The molecule has 0 aromatic rings. The Morgan fingerprint density at radius 2 is 2.10 bits per heavy atom. The van der Waals surface area contributed by atoms with E-state index in [1.807, 2.05) is 6.08 Å². The standard InChI is InChI=1S/C24H41NO3S/c1-2-3-4-6-21(26)7-8-22-23-16-19(15-20(23)17-24(22)27)18-29-14-5-9-25-10-12-28-13-11-25/h7-8,15,20-24,26-27H,2-6,9-14,16-18H2,1H3/t20-,21-,22+,23-,24+/m0/s1. The Bertz CT molecular complexity index is 532. The maximum atomic E-state index is 10.5. The van der Waals surface area contributed by atoms with E-state index in [1.165, 1.54) is 31.6 Å². The Hall–Kier alpha value is -0.330. The summed E-state index contributed by atoms with van der Waals surface area (Å²) in [7, 11) is 0. The molecule has 1 heterocycles. The van der Waals surface area contributed by atoms with Crippen molar-refractivity contribution in [3.63, 3.8) is 0 Å². The van der Waals surface area contributed by atoms with Gasteiger partial charge in [-0.15, -0.1) is 0 Å². The van der Waals surface area contributed by atoms with Crippen LogP contribution >= 0.6 is 11.8 Å². The molecule has 0 unspecified atom stereocenters. The minimum absolute atomic E-state index is 0.209. The smallest absolute Gasteiger partial charge is 0.0721 e. The van der Waals surface area contributed by atoms with Gasteiger partial charge in [-0.1, -0.05) is 50.0 Å². The van der Waals surface area contributed by atoms with Crippen LogP contribution in [0.15, 0.2) is 23.8 Å². The number of thioether (sulfide) groups is 1. The Balaban J connectivity index is 1.34. The van der Waals surface area contributed by atoms with Crippen molar-refractivity contribution in [1.82, 2.24) is 4.90 Å². The summed E-state index contributed by atoms with van der Waals surface area (Å²) in [5.41, 5.74) is 1.57. The van der Waals surface area contributed by atoms with E-state index in [0.29, 0.717) is 11.8 Å². The molecule has 2 aliphatic carbocycles. The van der Waals surface area contributed by atoms with E-state index in [0.717, 1.165) is 57.7 Å². The lowest BCUT2D eigenvalue weighted by Crippen LogP contribution is -2.36. The molecule has 0 spiro atoms. The monoisotopic (exact) mass is 423 g/mol. The minimum Gasteiger partial charge on any atom is -0.392 e. The van der Waals surface area contributed by atoms with Crippen molar-refractivity contribution in [2.45, 2.75) is 64.1 Å². The molecule has 1 saturated heterocycles. The third-order valence-corrected chi connectivity index (χ3v) is 7.92. The van der Waals surface area contributed by atoms with Crippen LogP contribution < -0.4 is 0 Å². The van der Waals surface area contributed by atoms with E-state index in [2.05, 4.69) is 35.7 Å². The quantitative estimate of drug-likeness (QED) is 0.368. The van der Waals surface area contributed by atoms with E-state index in [9.17, 15) is 10.2 Å². The Morgan fingerprint density at radius 1 is 1.28 bits per heavy atom. The molecular formula is C24H41NO3S. The average molecular weight is 424 g/mol. The molecule has 0 radical (unpaired) electrons. The number of ether oxygens (including phenoxy) is 1. The first kappa shape index (κ1) is 23.3. The van der Waals surface area contributed by atoms with Gasteiger partial charge in [-0.3, -0.25) is 4.90 Å². The van der Waals surface area contributed by atoms with Crippen LogP contribution in [0, 0.1) is 17.8 Å². The number of rotatable bonds is 12. The molecule has 166 valence electrons. The first-order valence-corrected chi connectivity index (χ1v) is 12.9. The summed E-state index contributed by atoms with van der Waals surface area (Å²) >= 11 is 2.06. The number of fused-ring (bicyclic) bond motifs is 1. The summed E-state index contributed by atoms with van der Waals surface area (Å²) in [5.74, 6) is 3.64. The normalized spacial score (nSPS) is 31.3. The third-order valence-electron chi connectivity index (χ3n) is 6.76. The highest BCUT2D eigenvalue weighted by Gasteiger charge is 2.43. The molecule has 2 fully saturated rings. The van der Waals surface area contributed by atoms with Crippen LogP contribution in [0.2, 0.25) is 0 Å². The van der Waals surface area contributed by atoms with Gasteiger partial charge in [0.1, 0.15) is 0 Å². The molecule has 3 rings (SSSR count). The average Bonchev–Trinajstić information content (AvgIpc) is 3.23. The van der Waals surface area contributed by atoms with Gasteiger partial charge in [0, 0.05) is 24.8 Å². The van der Waals surface area contributed by atoms with Gasteiger partial charge in [-0.2, -0.15) is 11.8 Å². The fourth-order valence-electron chi connectivity index (χ4n) is 5.09. The molecule has 0 amide bonds. The SMILES string of the molecule is CCCCC[C@H](O)C=C[C@@H]1[C@H]2CC(CSCCCN3CCOCC3)=C[C@H]2C[C@H]1O. The molecule has 0 aromatic heterocycles. The highest BCUT2D eigenvalue weighted by molar-refractivity contribution is 7.99. The lowest BCUT2D eigenvalue weighted by atomic mass is 9.89. The van der Waals surface area contributed by atoms with Crippen LogP contribution in [-0.4, -0.2) is 71.7 Å². The Morgan fingerprint density at radius 3 is 2.90 bits per heavy atom. The summed E-state index contributed by atoms with van der Waals surface area (Å²) in [5, 5.41) is 20.7. The van der Waals surface area contributed by atoms with Crippen LogP contribution in [-0.2, 0) is 4.74 Å². The predicted octanol–water partition coefficient (Wildman–Crippen LogP) is 3.88. The number of unbranched alkanes of at least 4 members (excludes halogenated alkanes) is 2. The van der Waals surface area contributed by atoms with Crippen LogP contribution in [0.25, 0.3) is 0 Å². The van der Waals surface area contributed by atoms with Gasteiger partial charge < -0.3 is 14.9 Å². The van der Waals surface area contributed by atoms with Gasteiger partial charge in [0.15, 0.2) is 0 Å². The second-order valence-corrected chi connectivity index (χ2v) is 10.2. The number of aliphatic hydroxyl groups is 2. The topological polar surface area (TPSA) is 52.9 Å². The summed E-state index contributed by atoms with van der Waals surface area (Å²) in [4.78, 5) is 2.51. The summed E-state index contributed by atoms with van der Waals surface area (Å²) < 4.78 is 5.41. The van der Waals surface area contributed by atoms with Gasteiger partial charge in [-0.05, 0) is 49.8 Å². The number of morpholine rings is 1. The molecule has 2 N–H and O–H groups in total. The molecular weight excluding hydrogens is 382 g/mol. The zero-order valence-corrected chi connectivity index (χ0v) is 19.0. The van der Waals surface area contributed by atoms with Crippen molar-refractivity contribution >= 4 is 11.8 Å². The maximum absolute atomic E-state index is 10.5. The molecule has 29 heavy (non-hydrogen) atoms. The van der Waals surface area contributed by atoms with E-state index in [1.54, 1.807) is 5.57 Å². The molecule has 0 aromatic carbocycles. The van der Waals surface area contributed by atoms with Crippen molar-refractivity contribution in [3.8, 4) is 0 Å². The molecule has 5 atom stereocenters. The second kappa shape index (κ2) is 12.5. The first-order valence-electron chi connectivity index (χ1n) is 11.8. The molecule has 3 aliphatic rings. The molecule has 0 bridgehead atoms. The largest absolute Gasteiger partial charge is 0.392 e. The van der Waals surface area contributed by atoms with Crippen molar-refractivity contribution in [2.24, 2.45) is 17.8 Å². The lowest BCUT2D eigenvalue weighted by molar-refractivity contribution is 0.0381. The highest BCUT2D eigenvalue weighted by atomic mass is 32.2. The fourth-order valence-corrected chi connectivity index (χ4v) is 6.04. The van der Waals surface area contributed by atoms with Crippen LogP contribution in [0.3, 0.4) is 0 Å². The van der Waals surface area contributed by atoms with Crippen molar-refractivity contribution in [1.29, 1.82) is 0 Å². The van der Waals surface area contributed by atoms with Crippen molar-refractivity contribution in [2.75, 3.05) is 44.4 Å². The summed E-state index contributed by atoms with van der Waals surface area (Å²) in [6.45, 7) is 7.33.